The van der Waals surface area contributed by atoms with Crippen molar-refractivity contribution in [2.45, 2.75) is 13.3 Å². The molecule has 0 saturated carbocycles. The molecule has 1 aromatic heterocycles. The zero-order valence-electron chi connectivity index (χ0n) is 8.49. The number of hydrogen-bond acceptors (Lipinski definition) is 2. The fraction of sp³-hybridized carbons (Fsp3) is 0.364. The fourth-order valence-electron chi connectivity index (χ4n) is 1.84. The van der Waals surface area contributed by atoms with Gasteiger partial charge >= 0.3 is 0 Å². The van der Waals surface area contributed by atoms with Gasteiger partial charge in [0.15, 0.2) is 0 Å². The van der Waals surface area contributed by atoms with Gasteiger partial charge in [0.25, 0.3) is 0 Å². The molecule has 0 amide bonds. The van der Waals surface area contributed by atoms with Crippen LogP contribution in [-0.4, -0.2) is 21.3 Å². The van der Waals surface area contributed by atoms with E-state index in [-0.39, 0.29) is 6.61 Å². The Bertz CT molecular complexity index is 460. The number of aliphatic hydroxyl groups excluding tert-OH is 1. The number of aryl methyl sites for hydroxylation is 2. The Hall–Kier alpha value is -1.35. The van der Waals surface area contributed by atoms with Gasteiger partial charge in [0, 0.05) is 13.5 Å². The Labute approximate surface area is 83.0 Å². The summed E-state index contributed by atoms with van der Waals surface area (Å²) in [4.78, 5) is 4.47. The van der Waals surface area contributed by atoms with E-state index < -0.39 is 0 Å². The third-order valence-electron chi connectivity index (χ3n) is 2.52. The molecule has 1 N–H and O–H groups in total. The normalized spacial score (nSPS) is 11.1. The van der Waals surface area contributed by atoms with Crippen molar-refractivity contribution in [1.82, 2.24) is 9.55 Å². The zero-order chi connectivity index (χ0) is 10.1. The molecule has 14 heavy (non-hydrogen) atoms. The minimum Gasteiger partial charge on any atom is -0.396 e. The number of benzene rings is 1. The topological polar surface area (TPSA) is 38.1 Å². The molecule has 3 heteroatoms. The molecule has 0 aliphatic rings. The predicted molar refractivity (Wildman–Crippen MR) is 56.2 cm³/mol. The number of aromatic nitrogens is 2. The van der Waals surface area contributed by atoms with E-state index in [0.717, 1.165) is 16.9 Å². The van der Waals surface area contributed by atoms with Crippen LogP contribution in [0, 0.1) is 6.92 Å². The van der Waals surface area contributed by atoms with E-state index in [1.807, 2.05) is 19.2 Å². The molecule has 2 aromatic rings. The quantitative estimate of drug-likeness (QED) is 0.777. The van der Waals surface area contributed by atoms with Crippen molar-refractivity contribution >= 4 is 11.0 Å². The number of para-hydroxylation sites is 1. The van der Waals surface area contributed by atoms with Crippen molar-refractivity contribution in [2.75, 3.05) is 6.61 Å². The molecule has 1 heterocycles. The summed E-state index contributed by atoms with van der Waals surface area (Å²) in [5, 5.41) is 8.89. The molecule has 0 aliphatic heterocycles. The smallest absolute Gasteiger partial charge is 0.111 e. The van der Waals surface area contributed by atoms with Crippen LogP contribution in [0.15, 0.2) is 18.2 Å². The molecule has 0 bridgehead atoms. The summed E-state index contributed by atoms with van der Waals surface area (Å²) in [7, 11) is 1.99. The lowest BCUT2D eigenvalue weighted by molar-refractivity contribution is 0.295. The molecule has 2 rings (SSSR count). The summed E-state index contributed by atoms with van der Waals surface area (Å²) in [6.07, 6.45) is 0.616. The van der Waals surface area contributed by atoms with E-state index in [2.05, 4.69) is 22.5 Å². The number of rotatable bonds is 2. The molecular weight excluding hydrogens is 176 g/mol. The highest BCUT2D eigenvalue weighted by Gasteiger charge is 2.07. The van der Waals surface area contributed by atoms with Crippen molar-refractivity contribution < 1.29 is 5.11 Å². The van der Waals surface area contributed by atoms with Crippen LogP contribution < -0.4 is 0 Å². The average Bonchev–Trinajstić information content (AvgIpc) is 2.46. The van der Waals surface area contributed by atoms with Crippen molar-refractivity contribution in [2.24, 2.45) is 7.05 Å². The maximum atomic E-state index is 8.89. The second kappa shape index (κ2) is 3.42. The van der Waals surface area contributed by atoms with Gasteiger partial charge in [0.1, 0.15) is 5.82 Å². The van der Waals surface area contributed by atoms with Crippen molar-refractivity contribution in [3.63, 3.8) is 0 Å². The lowest BCUT2D eigenvalue weighted by Crippen LogP contribution is -2.00. The molecule has 0 saturated heterocycles. The third kappa shape index (κ3) is 1.30. The molecular formula is C11H14N2O. The fourth-order valence-corrected chi connectivity index (χ4v) is 1.84. The summed E-state index contributed by atoms with van der Waals surface area (Å²) in [6, 6.07) is 6.09. The van der Waals surface area contributed by atoms with Crippen molar-refractivity contribution in [1.29, 1.82) is 0 Å². The van der Waals surface area contributed by atoms with Crippen molar-refractivity contribution in [3.05, 3.63) is 29.6 Å². The van der Waals surface area contributed by atoms with E-state index in [0.29, 0.717) is 6.42 Å². The van der Waals surface area contributed by atoms with Crippen LogP contribution in [0.5, 0.6) is 0 Å². The summed E-state index contributed by atoms with van der Waals surface area (Å²) in [5.41, 5.74) is 3.40. The molecule has 0 aliphatic carbocycles. The highest BCUT2D eigenvalue weighted by Crippen LogP contribution is 2.18. The van der Waals surface area contributed by atoms with E-state index in [1.165, 1.54) is 5.56 Å². The van der Waals surface area contributed by atoms with Gasteiger partial charge in [-0.3, -0.25) is 0 Å². The Balaban J connectivity index is 2.68. The minimum absolute atomic E-state index is 0.149. The molecule has 0 atom stereocenters. The SMILES string of the molecule is Cc1cccc2nc(CCO)n(C)c12. The van der Waals surface area contributed by atoms with E-state index >= 15 is 0 Å². The van der Waals surface area contributed by atoms with Crippen LogP contribution >= 0.6 is 0 Å². The number of imidazole rings is 1. The van der Waals surface area contributed by atoms with Gasteiger partial charge < -0.3 is 9.67 Å². The van der Waals surface area contributed by atoms with Crippen LogP contribution in [0.3, 0.4) is 0 Å². The van der Waals surface area contributed by atoms with E-state index in [9.17, 15) is 0 Å². The first-order chi connectivity index (χ1) is 6.74. The van der Waals surface area contributed by atoms with Crippen LogP contribution in [-0.2, 0) is 13.5 Å². The Morgan fingerprint density at radius 2 is 2.21 bits per heavy atom. The second-order valence-corrected chi connectivity index (χ2v) is 3.50. The van der Waals surface area contributed by atoms with Crippen LogP contribution in [0.4, 0.5) is 0 Å². The average molecular weight is 190 g/mol. The van der Waals surface area contributed by atoms with Gasteiger partial charge in [-0.25, -0.2) is 4.98 Å². The number of nitrogens with zero attached hydrogens (tertiary/aromatic N) is 2. The monoisotopic (exact) mass is 190 g/mol. The maximum absolute atomic E-state index is 8.89. The first-order valence-corrected chi connectivity index (χ1v) is 4.76. The zero-order valence-corrected chi connectivity index (χ0v) is 8.49. The first-order valence-electron chi connectivity index (χ1n) is 4.76. The van der Waals surface area contributed by atoms with E-state index in [4.69, 9.17) is 5.11 Å². The summed E-state index contributed by atoms with van der Waals surface area (Å²) < 4.78 is 2.06. The highest BCUT2D eigenvalue weighted by molar-refractivity contribution is 5.79. The highest BCUT2D eigenvalue weighted by atomic mass is 16.3. The van der Waals surface area contributed by atoms with Gasteiger partial charge in [0.05, 0.1) is 17.6 Å². The molecule has 0 spiro atoms. The van der Waals surface area contributed by atoms with Crippen LogP contribution in [0.1, 0.15) is 11.4 Å². The lowest BCUT2D eigenvalue weighted by atomic mass is 10.2. The summed E-state index contributed by atoms with van der Waals surface area (Å²) >= 11 is 0. The molecule has 0 radical (unpaired) electrons. The minimum atomic E-state index is 0.149. The van der Waals surface area contributed by atoms with Gasteiger partial charge in [0.2, 0.25) is 0 Å². The molecule has 1 aromatic carbocycles. The molecule has 0 unspecified atom stereocenters. The molecule has 0 fully saturated rings. The Morgan fingerprint density at radius 3 is 2.86 bits per heavy atom. The second-order valence-electron chi connectivity index (χ2n) is 3.50. The predicted octanol–water partition coefficient (Wildman–Crippen LogP) is 1.42. The van der Waals surface area contributed by atoms with Crippen LogP contribution in [0.2, 0.25) is 0 Å². The summed E-state index contributed by atoms with van der Waals surface area (Å²) in [5.74, 6) is 0.941. The first kappa shape index (κ1) is 9.21. The van der Waals surface area contributed by atoms with Gasteiger partial charge in [-0.1, -0.05) is 12.1 Å². The van der Waals surface area contributed by atoms with Gasteiger partial charge in [-0.15, -0.1) is 0 Å². The van der Waals surface area contributed by atoms with E-state index in [1.54, 1.807) is 0 Å². The Morgan fingerprint density at radius 1 is 1.43 bits per heavy atom. The van der Waals surface area contributed by atoms with Gasteiger partial charge in [-0.2, -0.15) is 0 Å². The largest absolute Gasteiger partial charge is 0.396 e. The number of aliphatic hydroxyl groups is 1. The number of fused-ring (bicyclic) bond motifs is 1. The lowest BCUT2D eigenvalue weighted by Gasteiger charge is -2.01. The standard InChI is InChI=1S/C11H14N2O/c1-8-4-3-5-9-11(8)13(2)10(12-9)6-7-14/h3-5,14H,6-7H2,1-2H3. The van der Waals surface area contributed by atoms with Crippen LogP contribution in [0.25, 0.3) is 11.0 Å². The maximum Gasteiger partial charge on any atom is 0.111 e. The van der Waals surface area contributed by atoms with Crippen molar-refractivity contribution in [3.8, 4) is 0 Å². The number of hydrogen-bond donors (Lipinski definition) is 1. The molecule has 3 nitrogen and oxygen atoms in total. The Kier molecular flexibility index (Phi) is 2.25. The van der Waals surface area contributed by atoms with Gasteiger partial charge in [-0.05, 0) is 18.6 Å². The third-order valence-corrected chi connectivity index (χ3v) is 2.52. The molecule has 74 valence electrons. The summed E-state index contributed by atoms with van der Waals surface area (Å²) in [6.45, 7) is 2.23.